The van der Waals surface area contributed by atoms with Gasteiger partial charge in [0, 0.05) is 33.1 Å². The van der Waals surface area contributed by atoms with Gasteiger partial charge in [0.15, 0.2) is 0 Å². The molecule has 2 heteroatoms. The molecule has 0 saturated heterocycles. The summed E-state index contributed by atoms with van der Waals surface area (Å²) in [5, 5.41) is 9.74. The number of nitrogens with zero attached hydrogens (tertiary/aromatic N) is 1. The summed E-state index contributed by atoms with van der Waals surface area (Å²) in [6.07, 6.45) is 0. The molecular formula is C54H35NO. The molecule has 0 saturated carbocycles. The third-order valence-corrected chi connectivity index (χ3v) is 11.3. The lowest BCUT2D eigenvalue weighted by Gasteiger charge is -2.27. The lowest BCUT2D eigenvalue weighted by Crippen LogP contribution is -2.10. The Balaban J connectivity index is 0.999. The first-order valence-electron chi connectivity index (χ1n) is 19.2. The Morgan fingerprint density at radius 1 is 0.286 bits per heavy atom. The predicted octanol–water partition coefficient (Wildman–Crippen LogP) is 15.5. The van der Waals surface area contributed by atoms with Gasteiger partial charge in [0.1, 0.15) is 11.2 Å². The Kier molecular flexibility index (Phi) is 7.53. The highest BCUT2D eigenvalue weighted by molar-refractivity contribution is 6.13. The summed E-state index contributed by atoms with van der Waals surface area (Å²) in [5.74, 6) is 0. The smallest absolute Gasteiger partial charge is 0.143 e. The lowest BCUT2D eigenvalue weighted by molar-refractivity contribution is 0.670. The maximum Gasteiger partial charge on any atom is 0.143 e. The third kappa shape index (κ3) is 5.34. The maximum absolute atomic E-state index is 6.42. The van der Waals surface area contributed by atoms with Crippen LogP contribution in [0.5, 0.6) is 0 Å². The third-order valence-electron chi connectivity index (χ3n) is 11.3. The fourth-order valence-corrected chi connectivity index (χ4v) is 8.53. The zero-order chi connectivity index (χ0) is 37.0. The first-order valence-corrected chi connectivity index (χ1v) is 19.2. The summed E-state index contributed by atoms with van der Waals surface area (Å²) in [6.45, 7) is 0. The van der Waals surface area contributed by atoms with Gasteiger partial charge in [-0.1, -0.05) is 176 Å². The fraction of sp³-hybridized carbons (Fsp3) is 0. The van der Waals surface area contributed by atoms with E-state index in [1.54, 1.807) is 0 Å². The van der Waals surface area contributed by atoms with Crippen LogP contribution in [-0.2, 0) is 0 Å². The molecule has 11 aromatic rings. The van der Waals surface area contributed by atoms with Crippen LogP contribution >= 0.6 is 0 Å². The van der Waals surface area contributed by atoms with Gasteiger partial charge in [-0.15, -0.1) is 0 Å². The molecule has 1 aromatic heterocycles. The zero-order valence-electron chi connectivity index (χ0n) is 30.6. The number of benzene rings is 10. The molecule has 0 unspecified atom stereocenters. The van der Waals surface area contributed by atoms with Gasteiger partial charge in [0.25, 0.3) is 0 Å². The maximum atomic E-state index is 6.42. The average Bonchev–Trinajstić information content (AvgIpc) is 3.66. The molecule has 0 fully saturated rings. The Morgan fingerprint density at radius 2 is 0.786 bits per heavy atom. The molecule has 11 rings (SSSR count). The van der Waals surface area contributed by atoms with Crippen molar-refractivity contribution >= 4 is 71.3 Å². The Labute approximate surface area is 325 Å². The number of hydrogen-bond acceptors (Lipinski definition) is 2. The first-order chi connectivity index (χ1) is 27.8. The molecule has 0 spiro atoms. The van der Waals surface area contributed by atoms with Gasteiger partial charge in [-0.05, 0) is 91.1 Å². The molecule has 0 aliphatic rings. The van der Waals surface area contributed by atoms with Gasteiger partial charge in [0.2, 0.25) is 0 Å². The fourth-order valence-electron chi connectivity index (χ4n) is 8.53. The minimum atomic E-state index is 0.908. The second-order valence-corrected chi connectivity index (χ2v) is 14.5. The van der Waals surface area contributed by atoms with Crippen LogP contribution in [0, 0.1) is 0 Å². The van der Waals surface area contributed by atoms with Crippen molar-refractivity contribution in [2.45, 2.75) is 0 Å². The number of fused-ring (bicyclic) bond motifs is 7. The molecular weight excluding hydrogens is 679 g/mol. The van der Waals surface area contributed by atoms with Crippen molar-refractivity contribution in [2.75, 3.05) is 4.90 Å². The molecule has 262 valence electrons. The van der Waals surface area contributed by atoms with Crippen LogP contribution < -0.4 is 4.90 Å². The highest BCUT2D eigenvalue weighted by Gasteiger charge is 2.18. The minimum Gasteiger partial charge on any atom is -0.455 e. The van der Waals surface area contributed by atoms with E-state index in [2.05, 4.69) is 205 Å². The zero-order valence-corrected chi connectivity index (χ0v) is 30.6. The van der Waals surface area contributed by atoms with Crippen molar-refractivity contribution in [1.29, 1.82) is 0 Å². The molecule has 1 heterocycles. The van der Waals surface area contributed by atoms with E-state index >= 15 is 0 Å². The largest absolute Gasteiger partial charge is 0.455 e. The number of furan rings is 1. The SMILES string of the molecule is c1ccc2c(-c3ccc(-c4ccc(N(c5ccc(-c6cccc7c6oc6ccccc67)cc5)c5cccc6c5ccc5ccccc56)cc4)cc3)cccc2c1. The van der Waals surface area contributed by atoms with Crippen LogP contribution in [0.15, 0.2) is 217 Å². The van der Waals surface area contributed by atoms with Crippen molar-refractivity contribution in [1.82, 2.24) is 0 Å². The quantitative estimate of drug-likeness (QED) is 0.160. The van der Waals surface area contributed by atoms with E-state index in [0.717, 1.165) is 50.1 Å². The normalized spacial score (nSPS) is 11.6. The predicted molar refractivity (Wildman–Crippen MR) is 237 cm³/mol. The Hall–Kier alpha value is -7.42. The number of para-hydroxylation sites is 2. The van der Waals surface area contributed by atoms with E-state index in [1.165, 1.54) is 54.6 Å². The van der Waals surface area contributed by atoms with Gasteiger partial charge >= 0.3 is 0 Å². The Bertz CT molecular complexity index is 3220. The van der Waals surface area contributed by atoms with E-state index in [0.29, 0.717) is 0 Å². The van der Waals surface area contributed by atoms with Crippen molar-refractivity contribution in [2.24, 2.45) is 0 Å². The molecule has 0 N–H and O–H groups in total. The van der Waals surface area contributed by atoms with E-state index in [4.69, 9.17) is 4.42 Å². The molecule has 0 radical (unpaired) electrons. The average molecular weight is 714 g/mol. The summed E-state index contributed by atoms with van der Waals surface area (Å²) in [7, 11) is 0. The monoisotopic (exact) mass is 713 g/mol. The molecule has 0 bridgehead atoms. The van der Waals surface area contributed by atoms with Crippen molar-refractivity contribution < 1.29 is 4.42 Å². The highest BCUT2D eigenvalue weighted by Crippen LogP contribution is 2.43. The highest BCUT2D eigenvalue weighted by atomic mass is 16.3. The second-order valence-electron chi connectivity index (χ2n) is 14.5. The van der Waals surface area contributed by atoms with E-state index in [9.17, 15) is 0 Å². The molecule has 0 amide bonds. The van der Waals surface area contributed by atoms with Gasteiger partial charge in [-0.25, -0.2) is 0 Å². The molecule has 0 aliphatic carbocycles. The summed E-state index contributed by atoms with van der Waals surface area (Å²) in [5.41, 5.74) is 12.2. The minimum absolute atomic E-state index is 0.908. The topological polar surface area (TPSA) is 16.4 Å². The van der Waals surface area contributed by atoms with E-state index in [-0.39, 0.29) is 0 Å². The van der Waals surface area contributed by atoms with Crippen molar-refractivity contribution in [3.8, 4) is 33.4 Å². The van der Waals surface area contributed by atoms with Crippen LogP contribution in [0.25, 0.3) is 87.6 Å². The van der Waals surface area contributed by atoms with Crippen molar-refractivity contribution in [3.05, 3.63) is 212 Å². The van der Waals surface area contributed by atoms with E-state index in [1.807, 2.05) is 12.1 Å². The van der Waals surface area contributed by atoms with Crippen LogP contribution in [-0.4, -0.2) is 0 Å². The summed E-state index contributed by atoms with van der Waals surface area (Å²) < 4.78 is 6.42. The summed E-state index contributed by atoms with van der Waals surface area (Å²) in [6, 6.07) is 76.5. The van der Waals surface area contributed by atoms with Crippen molar-refractivity contribution in [3.63, 3.8) is 0 Å². The van der Waals surface area contributed by atoms with Gasteiger partial charge in [-0.3, -0.25) is 0 Å². The first kappa shape index (κ1) is 32.0. The van der Waals surface area contributed by atoms with Gasteiger partial charge in [-0.2, -0.15) is 0 Å². The number of hydrogen-bond donors (Lipinski definition) is 0. The van der Waals surface area contributed by atoms with Crippen LogP contribution in [0.2, 0.25) is 0 Å². The molecule has 0 aliphatic heterocycles. The number of rotatable bonds is 6. The van der Waals surface area contributed by atoms with Crippen LogP contribution in [0.3, 0.4) is 0 Å². The Morgan fingerprint density at radius 3 is 1.55 bits per heavy atom. The van der Waals surface area contributed by atoms with E-state index < -0.39 is 0 Å². The molecule has 10 aromatic carbocycles. The number of anilines is 3. The summed E-state index contributed by atoms with van der Waals surface area (Å²) >= 11 is 0. The molecule has 56 heavy (non-hydrogen) atoms. The van der Waals surface area contributed by atoms with Gasteiger partial charge in [0.05, 0.1) is 5.69 Å². The summed E-state index contributed by atoms with van der Waals surface area (Å²) in [4.78, 5) is 2.38. The van der Waals surface area contributed by atoms with Crippen LogP contribution in [0.1, 0.15) is 0 Å². The molecule has 2 nitrogen and oxygen atoms in total. The van der Waals surface area contributed by atoms with Crippen LogP contribution in [0.4, 0.5) is 17.1 Å². The standard InChI is InChI=1S/C54H35NO/c1-3-13-44-38(10-1)12-7-16-45(44)40-24-22-36(23-25-40)37-26-31-42(32-27-37)55(52-20-9-18-48-46-14-4-2-11-39(46)30-35-49(48)52)43-33-28-41(29-34-43)47-17-8-19-51-50-15-5-6-21-53(50)56-54(47)51/h1-35H. The van der Waals surface area contributed by atoms with Gasteiger partial charge < -0.3 is 9.32 Å². The lowest BCUT2D eigenvalue weighted by atomic mass is 9.96. The molecule has 0 atom stereocenters. The second kappa shape index (κ2) is 13.2.